The van der Waals surface area contributed by atoms with Crippen LogP contribution in [0.5, 0.6) is 5.75 Å². The zero-order valence-corrected chi connectivity index (χ0v) is 23.4. The third kappa shape index (κ3) is 6.97. The summed E-state index contributed by atoms with van der Waals surface area (Å²) in [5.74, 6) is 2.06. The smallest absolute Gasteiger partial charge is 0.224 e. The molecule has 1 aromatic heterocycles. The van der Waals surface area contributed by atoms with Gasteiger partial charge in [-0.15, -0.1) is 0 Å². The number of hydrogen-bond acceptors (Lipinski definition) is 3. The second-order valence-electron chi connectivity index (χ2n) is 10.3. The molecule has 0 saturated heterocycles. The third-order valence-electron chi connectivity index (χ3n) is 7.19. The minimum Gasteiger partial charge on any atom is -0.493 e. The summed E-state index contributed by atoms with van der Waals surface area (Å²) in [4.78, 5) is 17.5. The number of benzene rings is 4. The van der Waals surface area contributed by atoms with E-state index < -0.39 is 0 Å². The van der Waals surface area contributed by atoms with E-state index in [0.717, 1.165) is 65.1 Å². The lowest BCUT2D eigenvalue weighted by molar-refractivity contribution is -0.120. The lowest BCUT2D eigenvalue weighted by Gasteiger charge is -2.12. The molecule has 0 atom stereocenters. The van der Waals surface area contributed by atoms with Crippen LogP contribution in [0.15, 0.2) is 97.1 Å². The Hall–Kier alpha value is -4.38. The maximum Gasteiger partial charge on any atom is 0.224 e. The Bertz CT molecular complexity index is 1560. The Labute approximate surface area is 236 Å². The molecule has 0 radical (unpaired) electrons. The Morgan fingerprint density at radius 3 is 2.42 bits per heavy atom. The van der Waals surface area contributed by atoms with Crippen molar-refractivity contribution >= 4 is 16.9 Å². The van der Waals surface area contributed by atoms with E-state index in [-0.39, 0.29) is 5.91 Å². The molecule has 0 saturated carbocycles. The Balaban J connectivity index is 1.11. The van der Waals surface area contributed by atoms with Crippen LogP contribution in [-0.2, 0) is 24.2 Å². The van der Waals surface area contributed by atoms with Gasteiger partial charge < -0.3 is 14.6 Å². The van der Waals surface area contributed by atoms with Crippen molar-refractivity contribution in [2.24, 2.45) is 0 Å². The highest BCUT2D eigenvalue weighted by atomic mass is 16.5. The molecule has 0 unspecified atom stereocenters. The predicted molar refractivity (Wildman–Crippen MR) is 163 cm³/mol. The molecule has 0 aliphatic heterocycles. The van der Waals surface area contributed by atoms with Crippen LogP contribution in [0.4, 0.5) is 0 Å². The number of nitrogens with one attached hydrogen (secondary N) is 1. The summed E-state index contributed by atoms with van der Waals surface area (Å²) in [6, 6.07) is 33.1. The van der Waals surface area contributed by atoms with Crippen LogP contribution >= 0.6 is 0 Å². The maximum absolute atomic E-state index is 12.6. The zero-order chi connectivity index (χ0) is 27.7. The molecular formula is C35H37N3O2. The van der Waals surface area contributed by atoms with E-state index >= 15 is 0 Å². The first kappa shape index (κ1) is 27.2. The van der Waals surface area contributed by atoms with E-state index in [4.69, 9.17) is 9.72 Å². The molecule has 5 rings (SSSR count). The predicted octanol–water partition coefficient (Wildman–Crippen LogP) is 7.08. The summed E-state index contributed by atoms with van der Waals surface area (Å²) < 4.78 is 8.39. The fourth-order valence-corrected chi connectivity index (χ4v) is 5.00. The van der Waals surface area contributed by atoms with Crippen LogP contribution in [0.2, 0.25) is 0 Å². The molecule has 5 heteroatoms. The van der Waals surface area contributed by atoms with Gasteiger partial charge in [0.15, 0.2) is 0 Å². The molecule has 204 valence electrons. The second kappa shape index (κ2) is 13.1. The molecule has 0 aliphatic rings. The number of carbonyl (C=O) groups excluding carboxylic acids is 1. The first-order chi connectivity index (χ1) is 19.6. The van der Waals surface area contributed by atoms with Crippen molar-refractivity contribution in [1.82, 2.24) is 14.9 Å². The molecule has 0 fully saturated rings. The Morgan fingerprint density at radius 2 is 1.60 bits per heavy atom. The van der Waals surface area contributed by atoms with Crippen LogP contribution in [0.3, 0.4) is 0 Å². The summed E-state index contributed by atoms with van der Waals surface area (Å²) in [6.45, 7) is 6.28. The number of fused-ring (bicyclic) bond motifs is 1. The van der Waals surface area contributed by atoms with Crippen LogP contribution in [0.25, 0.3) is 22.2 Å². The van der Waals surface area contributed by atoms with E-state index in [1.165, 1.54) is 11.1 Å². The number of amides is 1. The van der Waals surface area contributed by atoms with Crippen molar-refractivity contribution in [3.63, 3.8) is 0 Å². The van der Waals surface area contributed by atoms with Gasteiger partial charge in [-0.1, -0.05) is 78.9 Å². The normalized spacial score (nSPS) is 11.1. The summed E-state index contributed by atoms with van der Waals surface area (Å²) >= 11 is 0. The largest absolute Gasteiger partial charge is 0.493 e. The van der Waals surface area contributed by atoms with Crippen LogP contribution in [-0.4, -0.2) is 28.6 Å². The highest BCUT2D eigenvalue weighted by Crippen LogP contribution is 2.21. The van der Waals surface area contributed by atoms with Crippen molar-refractivity contribution in [3.05, 3.63) is 120 Å². The molecular weight excluding hydrogens is 494 g/mol. The molecule has 1 amide bonds. The van der Waals surface area contributed by atoms with Gasteiger partial charge in [-0.2, -0.15) is 0 Å². The summed E-state index contributed by atoms with van der Waals surface area (Å²) in [5, 5.41) is 3.09. The van der Waals surface area contributed by atoms with Crippen LogP contribution < -0.4 is 10.1 Å². The van der Waals surface area contributed by atoms with Crippen molar-refractivity contribution in [1.29, 1.82) is 0 Å². The number of nitrogens with zero attached hydrogens (tertiary/aromatic N) is 2. The lowest BCUT2D eigenvalue weighted by atomic mass is 10.0. The highest BCUT2D eigenvalue weighted by molar-refractivity contribution is 5.79. The lowest BCUT2D eigenvalue weighted by Crippen LogP contribution is -2.26. The van der Waals surface area contributed by atoms with Crippen molar-refractivity contribution < 1.29 is 9.53 Å². The summed E-state index contributed by atoms with van der Waals surface area (Å²) in [7, 11) is 0. The quantitative estimate of drug-likeness (QED) is 0.175. The molecule has 40 heavy (non-hydrogen) atoms. The first-order valence-corrected chi connectivity index (χ1v) is 14.1. The van der Waals surface area contributed by atoms with Gasteiger partial charge in [-0.05, 0) is 72.7 Å². The first-order valence-electron chi connectivity index (χ1n) is 14.1. The van der Waals surface area contributed by atoms with Gasteiger partial charge in [0.1, 0.15) is 11.6 Å². The Kier molecular flexibility index (Phi) is 8.92. The molecule has 0 bridgehead atoms. The number of aromatic nitrogens is 2. The van der Waals surface area contributed by atoms with Gasteiger partial charge in [0.05, 0.1) is 24.1 Å². The molecule has 0 aliphatic carbocycles. The standard InChI is InChI=1S/C35H37N3O2/c1-26-15-16-27(2)33(24-26)40-23-9-22-38-32-13-7-6-12-31(32)37-34(38)14-8-21-36-35(39)25-28-17-19-30(20-18-28)29-10-4-3-5-11-29/h3-7,10-13,15-20,24H,8-9,14,21-23,25H2,1-2H3,(H,36,39). The SMILES string of the molecule is Cc1ccc(C)c(OCCCn2c(CCCNC(=O)Cc3ccc(-c4ccccc4)cc3)nc3ccccc32)c1. The minimum absolute atomic E-state index is 0.0459. The van der Waals surface area contributed by atoms with Crippen LogP contribution in [0.1, 0.15) is 35.4 Å². The van der Waals surface area contributed by atoms with E-state index in [2.05, 4.69) is 84.4 Å². The van der Waals surface area contributed by atoms with Gasteiger partial charge in [0, 0.05) is 19.5 Å². The average Bonchev–Trinajstić information content (AvgIpc) is 3.33. The minimum atomic E-state index is 0.0459. The summed E-state index contributed by atoms with van der Waals surface area (Å²) in [6.07, 6.45) is 2.91. The summed E-state index contributed by atoms with van der Waals surface area (Å²) in [5.41, 5.74) is 7.87. The highest BCUT2D eigenvalue weighted by Gasteiger charge is 2.11. The van der Waals surface area contributed by atoms with E-state index in [9.17, 15) is 4.79 Å². The van der Waals surface area contributed by atoms with Crippen molar-refractivity contribution in [3.8, 4) is 16.9 Å². The van der Waals surface area contributed by atoms with E-state index in [1.54, 1.807) is 0 Å². The number of hydrogen-bond donors (Lipinski definition) is 1. The average molecular weight is 532 g/mol. The molecule has 1 N–H and O–H groups in total. The van der Waals surface area contributed by atoms with Crippen molar-refractivity contribution in [2.75, 3.05) is 13.2 Å². The second-order valence-corrected chi connectivity index (χ2v) is 10.3. The van der Waals surface area contributed by atoms with Gasteiger partial charge in [-0.3, -0.25) is 4.79 Å². The monoisotopic (exact) mass is 531 g/mol. The van der Waals surface area contributed by atoms with E-state index in [1.807, 2.05) is 36.4 Å². The zero-order valence-electron chi connectivity index (χ0n) is 23.4. The fraction of sp³-hybridized carbons (Fsp3) is 0.257. The maximum atomic E-state index is 12.6. The number of aryl methyl sites for hydroxylation is 4. The molecule has 5 aromatic rings. The number of ether oxygens (including phenoxy) is 1. The van der Waals surface area contributed by atoms with E-state index in [0.29, 0.717) is 19.6 Å². The van der Waals surface area contributed by atoms with Crippen LogP contribution in [0, 0.1) is 13.8 Å². The molecule has 4 aromatic carbocycles. The fourth-order valence-electron chi connectivity index (χ4n) is 5.00. The third-order valence-corrected chi connectivity index (χ3v) is 7.19. The van der Waals surface area contributed by atoms with Gasteiger partial charge in [-0.25, -0.2) is 4.98 Å². The molecule has 5 nitrogen and oxygen atoms in total. The van der Waals surface area contributed by atoms with Crippen molar-refractivity contribution in [2.45, 2.75) is 46.1 Å². The number of imidazole rings is 1. The van der Waals surface area contributed by atoms with Gasteiger partial charge >= 0.3 is 0 Å². The van der Waals surface area contributed by atoms with Gasteiger partial charge in [0.2, 0.25) is 5.91 Å². The molecule has 1 heterocycles. The number of carbonyl (C=O) groups is 1. The number of rotatable bonds is 12. The van der Waals surface area contributed by atoms with Gasteiger partial charge in [0.25, 0.3) is 0 Å². The topological polar surface area (TPSA) is 56.1 Å². The number of para-hydroxylation sites is 2. The Morgan fingerprint density at radius 1 is 0.850 bits per heavy atom. The molecule has 0 spiro atoms.